The molecule has 0 fully saturated rings. The van der Waals surface area contributed by atoms with Crippen LogP contribution in [0.4, 0.5) is 0 Å². The van der Waals surface area contributed by atoms with Gasteiger partial charge < -0.3 is 9.84 Å². The lowest BCUT2D eigenvalue weighted by atomic mass is 9.89. The van der Waals surface area contributed by atoms with Gasteiger partial charge in [-0.15, -0.1) is 0 Å². The molecule has 1 aromatic rings. The third kappa shape index (κ3) is 4.59. The van der Waals surface area contributed by atoms with Crippen LogP contribution < -0.4 is 5.32 Å². The fourth-order valence-electron chi connectivity index (χ4n) is 3.42. The fraction of sp³-hybridized carbons (Fsp3) is 0.789. The SMILES string of the molecule is CCCN(CCC)C(CC)(CC)CNC(=O)c1noc(CC)c1C. The van der Waals surface area contributed by atoms with Crippen LogP contribution in [0, 0.1) is 6.92 Å². The Hall–Kier alpha value is -1.36. The van der Waals surface area contributed by atoms with Crippen LogP contribution >= 0.6 is 0 Å². The number of nitrogens with zero attached hydrogens (tertiary/aromatic N) is 2. The van der Waals surface area contributed by atoms with Crippen molar-refractivity contribution in [2.24, 2.45) is 0 Å². The summed E-state index contributed by atoms with van der Waals surface area (Å²) in [4.78, 5) is 15.1. The van der Waals surface area contributed by atoms with Crippen molar-refractivity contribution in [2.45, 2.75) is 79.2 Å². The van der Waals surface area contributed by atoms with Crippen LogP contribution in [0.5, 0.6) is 0 Å². The average Bonchev–Trinajstić information content (AvgIpc) is 2.97. The normalized spacial score (nSPS) is 12.0. The van der Waals surface area contributed by atoms with Gasteiger partial charge >= 0.3 is 0 Å². The predicted octanol–water partition coefficient (Wildman–Crippen LogP) is 3.96. The van der Waals surface area contributed by atoms with Gasteiger partial charge in [0.15, 0.2) is 5.69 Å². The van der Waals surface area contributed by atoms with E-state index in [0.717, 1.165) is 56.5 Å². The molecule has 0 aliphatic rings. The Morgan fingerprint density at radius 2 is 1.71 bits per heavy atom. The van der Waals surface area contributed by atoms with Gasteiger partial charge in [0.1, 0.15) is 5.76 Å². The van der Waals surface area contributed by atoms with Crippen molar-refractivity contribution in [1.29, 1.82) is 0 Å². The molecule has 5 heteroatoms. The highest BCUT2D eigenvalue weighted by atomic mass is 16.5. The number of hydrogen-bond acceptors (Lipinski definition) is 4. The van der Waals surface area contributed by atoms with Crippen LogP contribution in [0.3, 0.4) is 0 Å². The van der Waals surface area contributed by atoms with Gasteiger partial charge in [0.25, 0.3) is 5.91 Å². The summed E-state index contributed by atoms with van der Waals surface area (Å²) in [6.07, 6.45) is 5.03. The summed E-state index contributed by atoms with van der Waals surface area (Å²) in [5.41, 5.74) is 1.28. The molecule has 0 spiro atoms. The number of aryl methyl sites for hydroxylation is 1. The van der Waals surface area contributed by atoms with E-state index in [1.165, 1.54) is 0 Å². The first-order valence-corrected chi connectivity index (χ1v) is 9.47. The molecule has 0 radical (unpaired) electrons. The molecule has 5 nitrogen and oxygen atoms in total. The van der Waals surface area contributed by atoms with Gasteiger partial charge in [-0.1, -0.05) is 39.8 Å². The van der Waals surface area contributed by atoms with Crippen molar-refractivity contribution in [3.63, 3.8) is 0 Å². The lowest BCUT2D eigenvalue weighted by Crippen LogP contribution is -2.55. The van der Waals surface area contributed by atoms with Gasteiger partial charge in [0, 0.05) is 24.1 Å². The molecule has 0 aromatic carbocycles. The molecule has 1 N–H and O–H groups in total. The smallest absolute Gasteiger partial charge is 0.273 e. The minimum Gasteiger partial charge on any atom is -0.360 e. The Morgan fingerprint density at radius 3 is 2.12 bits per heavy atom. The zero-order valence-electron chi connectivity index (χ0n) is 16.4. The molecule has 1 aromatic heterocycles. The number of carbonyl (C=O) groups excluding carboxylic acids is 1. The third-order valence-corrected chi connectivity index (χ3v) is 5.11. The van der Waals surface area contributed by atoms with Crippen molar-refractivity contribution in [2.75, 3.05) is 19.6 Å². The van der Waals surface area contributed by atoms with Gasteiger partial charge in [0.2, 0.25) is 0 Å². The largest absolute Gasteiger partial charge is 0.360 e. The first kappa shape index (κ1) is 20.7. The minimum absolute atomic E-state index is 0.00685. The molecule has 0 bridgehead atoms. The lowest BCUT2D eigenvalue weighted by Gasteiger charge is -2.43. The summed E-state index contributed by atoms with van der Waals surface area (Å²) in [6, 6.07) is 0. The second kappa shape index (κ2) is 9.82. The molecule has 0 saturated carbocycles. The molecule has 0 atom stereocenters. The van der Waals surface area contributed by atoms with Crippen LogP contribution in [0.25, 0.3) is 0 Å². The standard InChI is InChI=1S/C19H35N3O2/c1-7-12-22(13-8-2)19(10-4,11-5)14-20-18(23)17-15(6)16(9-3)24-21-17/h7-14H2,1-6H3,(H,20,23). The van der Waals surface area contributed by atoms with Gasteiger partial charge in [-0.25, -0.2) is 0 Å². The van der Waals surface area contributed by atoms with E-state index in [1.807, 2.05) is 13.8 Å². The third-order valence-electron chi connectivity index (χ3n) is 5.11. The summed E-state index contributed by atoms with van der Waals surface area (Å²) in [6.45, 7) is 15.5. The first-order valence-electron chi connectivity index (χ1n) is 9.47. The van der Waals surface area contributed by atoms with Crippen molar-refractivity contribution in [3.8, 4) is 0 Å². The molecule has 0 aliphatic carbocycles. The molecule has 24 heavy (non-hydrogen) atoms. The monoisotopic (exact) mass is 337 g/mol. The molecule has 138 valence electrons. The average molecular weight is 338 g/mol. The molecule has 1 amide bonds. The van der Waals surface area contributed by atoms with Crippen molar-refractivity contribution < 1.29 is 9.32 Å². The zero-order valence-corrected chi connectivity index (χ0v) is 16.4. The van der Waals surface area contributed by atoms with Gasteiger partial charge in [-0.05, 0) is 45.7 Å². The predicted molar refractivity (Wildman–Crippen MR) is 98.4 cm³/mol. The summed E-state index contributed by atoms with van der Waals surface area (Å²) >= 11 is 0. The van der Waals surface area contributed by atoms with E-state index in [2.05, 4.69) is 43.1 Å². The number of aromatic nitrogens is 1. The molecule has 0 unspecified atom stereocenters. The number of nitrogens with one attached hydrogen (secondary N) is 1. The number of amides is 1. The van der Waals surface area contributed by atoms with Crippen LogP contribution in [-0.4, -0.2) is 41.1 Å². The first-order chi connectivity index (χ1) is 11.5. The highest BCUT2D eigenvalue weighted by molar-refractivity contribution is 5.93. The maximum absolute atomic E-state index is 12.6. The highest BCUT2D eigenvalue weighted by Crippen LogP contribution is 2.24. The molecule has 1 heterocycles. The Bertz CT molecular complexity index is 501. The molecular formula is C19H35N3O2. The molecule has 0 saturated heterocycles. The fourth-order valence-corrected chi connectivity index (χ4v) is 3.42. The van der Waals surface area contributed by atoms with Crippen LogP contribution in [0.1, 0.15) is 82.1 Å². The van der Waals surface area contributed by atoms with Crippen LogP contribution in [0.2, 0.25) is 0 Å². The van der Waals surface area contributed by atoms with Crippen molar-refractivity contribution in [3.05, 3.63) is 17.0 Å². The van der Waals surface area contributed by atoms with Crippen LogP contribution in [0.15, 0.2) is 4.52 Å². The Kier molecular flexibility index (Phi) is 8.46. The molecule has 1 rings (SSSR count). The van der Waals surface area contributed by atoms with E-state index in [9.17, 15) is 4.79 Å². The molecular weight excluding hydrogens is 302 g/mol. The van der Waals surface area contributed by atoms with Crippen LogP contribution in [-0.2, 0) is 6.42 Å². The zero-order chi connectivity index (χ0) is 18.2. The Morgan fingerprint density at radius 1 is 1.12 bits per heavy atom. The minimum atomic E-state index is -0.129. The van der Waals surface area contributed by atoms with Gasteiger partial charge in [-0.3, -0.25) is 9.69 Å². The Balaban J connectivity index is 2.87. The van der Waals surface area contributed by atoms with E-state index >= 15 is 0 Å². The van der Waals surface area contributed by atoms with Crippen molar-refractivity contribution >= 4 is 5.91 Å². The van der Waals surface area contributed by atoms with E-state index in [1.54, 1.807) is 0 Å². The quantitative estimate of drug-likeness (QED) is 0.664. The maximum atomic E-state index is 12.6. The number of rotatable bonds is 11. The van der Waals surface area contributed by atoms with Gasteiger partial charge in [0.05, 0.1) is 0 Å². The van der Waals surface area contributed by atoms with Gasteiger partial charge in [-0.2, -0.15) is 0 Å². The highest BCUT2D eigenvalue weighted by Gasteiger charge is 2.33. The molecule has 0 aliphatic heterocycles. The summed E-state index contributed by atoms with van der Waals surface area (Å²) in [5.74, 6) is 0.658. The summed E-state index contributed by atoms with van der Waals surface area (Å²) < 4.78 is 5.25. The number of hydrogen-bond donors (Lipinski definition) is 1. The van der Waals surface area contributed by atoms with Crippen molar-refractivity contribution in [1.82, 2.24) is 15.4 Å². The summed E-state index contributed by atoms with van der Waals surface area (Å²) in [5, 5.41) is 7.07. The van der Waals surface area contributed by atoms with E-state index in [4.69, 9.17) is 4.52 Å². The maximum Gasteiger partial charge on any atom is 0.273 e. The number of carbonyl (C=O) groups is 1. The lowest BCUT2D eigenvalue weighted by molar-refractivity contribution is 0.0681. The topological polar surface area (TPSA) is 58.4 Å². The Labute approximate surface area is 147 Å². The van der Waals surface area contributed by atoms with E-state index < -0.39 is 0 Å². The second-order valence-corrected chi connectivity index (χ2v) is 6.53. The summed E-state index contributed by atoms with van der Waals surface area (Å²) in [7, 11) is 0. The second-order valence-electron chi connectivity index (χ2n) is 6.53. The van der Waals surface area contributed by atoms with E-state index in [-0.39, 0.29) is 11.4 Å². The van der Waals surface area contributed by atoms with E-state index in [0.29, 0.717) is 12.2 Å².